The number of thioether (sulfide) groups is 1. The minimum atomic E-state index is -0.269. The summed E-state index contributed by atoms with van der Waals surface area (Å²) in [6.07, 6.45) is 0. The van der Waals surface area contributed by atoms with E-state index in [0.717, 1.165) is 17.3 Å². The predicted molar refractivity (Wildman–Crippen MR) is 136 cm³/mol. The molecule has 3 rings (SSSR count). The molecule has 0 spiro atoms. The minimum Gasteiger partial charge on any atom is -0.493 e. The van der Waals surface area contributed by atoms with Crippen molar-refractivity contribution in [2.75, 3.05) is 41.9 Å². The van der Waals surface area contributed by atoms with Gasteiger partial charge in [0.1, 0.15) is 0 Å². The summed E-state index contributed by atoms with van der Waals surface area (Å²) < 4.78 is 11.8. The Labute approximate surface area is 206 Å². The Hall–Kier alpha value is -4.26. The normalized spacial score (nSPS) is 11.0. The van der Waals surface area contributed by atoms with Gasteiger partial charge < -0.3 is 25.9 Å². The number of amides is 2. The first-order chi connectivity index (χ1) is 16.8. The fraction of sp³-hybridized carbons (Fsp3) is 0.227. The molecule has 0 saturated carbocycles. The molecular weight excluding hydrogens is 472 g/mol. The molecule has 0 fully saturated rings. The van der Waals surface area contributed by atoms with Gasteiger partial charge in [-0.05, 0) is 43.3 Å². The number of benzene rings is 2. The lowest BCUT2D eigenvalue weighted by Gasteiger charge is -2.09. The van der Waals surface area contributed by atoms with Gasteiger partial charge >= 0.3 is 0 Å². The van der Waals surface area contributed by atoms with Gasteiger partial charge in [0.25, 0.3) is 5.95 Å². The van der Waals surface area contributed by atoms with Crippen LogP contribution in [0.15, 0.2) is 52.7 Å². The molecule has 0 aliphatic heterocycles. The van der Waals surface area contributed by atoms with E-state index in [1.54, 1.807) is 50.6 Å². The smallest absolute Gasteiger partial charge is 0.264 e. The monoisotopic (exact) mass is 498 g/mol. The van der Waals surface area contributed by atoms with Gasteiger partial charge in [0, 0.05) is 23.9 Å². The second-order valence-electron chi connectivity index (χ2n) is 7.15. The maximum atomic E-state index is 12.3. The van der Waals surface area contributed by atoms with E-state index in [1.165, 1.54) is 11.6 Å². The highest BCUT2D eigenvalue weighted by Crippen LogP contribution is 2.28. The van der Waals surface area contributed by atoms with Crippen LogP contribution in [0.3, 0.4) is 0 Å². The predicted octanol–water partition coefficient (Wildman–Crippen LogP) is 2.53. The molecular formula is C22H26N8O4S. The van der Waals surface area contributed by atoms with Gasteiger partial charge in [-0.25, -0.2) is 10.1 Å². The van der Waals surface area contributed by atoms with E-state index in [-0.39, 0.29) is 23.5 Å². The molecule has 0 radical (unpaired) electrons. The van der Waals surface area contributed by atoms with Gasteiger partial charge in [-0.2, -0.15) is 5.10 Å². The molecule has 3 aromatic rings. The Morgan fingerprint density at radius 2 is 1.74 bits per heavy atom. The molecule has 12 nitrogen and oxygen atoms in total. The number of nitrogens with zero attached hydrogens (tertiary/aromatic N) is 4. The van der Waals surface area contributed by atoms with Crippen LogP contribution in [-0.4, -0.2) is 52.4 Å². The quantitative estimate of drug-likeness (QED) is 0.143. The minimum absolute atomic E-state index is 0.0492. The van der Waals surface area contributed by atoms with Crippen LogP contribution in [0.2, 0.25) is 0 Å². The molecule has 0 aliphatic rings. The summed E-state index contributed by atoms with van der Waals surface area (Å²) in [6, 6.07) is 12.3. The molecule has 2 amide bonds. The van der Waals surface area contributed by atoms with Crippen LogP contribution in [0.1, 0.15) is 19.4 Å². The van der Waals surface area contributed by atoms with Crippen molar-refractivity contribution in [1.29, 1.82) is 0 Å². The first kappa shape index (κ1) is 25.4. The molecule has 5 N–H and O–H groups in total. The van der Waals surface area contributed by atoms with Gasteiger partial charge in [-0.3, -0.25) is 9.59 Å². The molecule has 0 saturated heterocycles. The average Bonchev–Trinajstić information content (AvgIpc) is 3.19. The van der Waals surface area contributed by atoms with Gasteiger partial charge in [0.15, 0.2) is 11.5 Å². The number of nitrogens with two attached hydrogens (primary N) is 1. The highest BCUT2D eigenvalue weighted by Gasteiger charge is 2.13. The fourth-order valence-electron chi connectivity index (χ4n) is 2.92. The van der Waals surface area contributed by atoms with E-state index in [2.05, 4.69) is 31.4 Å². The summed E-state index contributed by atoms with van der Waals surface area (Å²) in [5.74, 6) is 7.04. The van der Waals surface area contributed by atoms with Crippen molar-refractivity contribution in [3.63, 3.8) is 0 Å². The molecule has 0 atom stereocenters. The zero-order chi connectivity index (χ0) is 25.4. The van der Waals surface area contributed by atoms with Crippen molar-refractivity contribution in [2.45, 2.75) is 19.0 Å². The number of nitrogen functional groups attached to an aromatic ring is 1. The zero-order valence-corrected chi connectivity index (χ0v) is 20.5. The number of nitrogens with one attached hydrogen (secondary N) is 3. The number of hydrazone groups is 1. The van der Waals surface area contributed by atoms with Crippen LogP contribution in [0.25, 0.3) is 0 Å². The summed E-state index contributed by atoms with van der Waals surface area (Å²) in [5.41, 5.74) is 5.39. The highest BCUT2D eigenvalue weighted by atomic mass is 32.2. The van der Waals surface area contributed by atoms with Crippen molar-refractivity contribution in [1.82, 2.24) is 14.9 Å². The van der Waals surface area contributed by atoms with E-state index >= 15 is 0 Å². The van der Waals surface area contributed by atoms with Crippen LogP contribution in [0.5, 0.6) is 11.5 Å². The number of methoxy groups -OCH3 is 2. The first-order valence-corrected chi connectivity index (χ1v) is 11.3. The lowest BCUT2D eigenvalue weighted by molar-refractivity contribution is -0.114. The summed E-state index contributed by atoms with van der Waals surface area (Å²) in [4.78, 5) is 23.5. The van der Waals surface area contributed by atoms with Gasteiger partial charge in [0.05, 0.1) is 25.7 Å². The largest absolute Gasteiger partial charge is 0.493 e. The van der Waals surface area contributed by atoms with Gasteiger partial charge in [-0.1, -0.05) is 17.8 Å². The number of hydrogen-bond donors (Lipinski definition) is 4. The number of carbonyl (C=O) groups is 2. The van der Waals surface area contributed by atoms with E-state index < -0.39 is 0 Å². The highest BCUT2D eigenvalue weighted by molar-refractivity contribution is 7.99. The van der Waals surface area contributed by atoms with Gasteiger partial charge in [0.2, 0.25) is 17.0 Å². The number of carbonyl (C=O) groups excluding carboxylic acids is 2. The first-order valence-electron chi connectivity index (χ1n) is 10.3. The summed E-state index contributed by atoms with van der Waals surface area (Å²) in [7, 11) is 3.13. The van der Waals surface area contributed by atoms with Crippen LogP contribution >= 0.6 is 11.8 Å². The molecule has 184 valence electrons. The molecule has 0 bridgehead atoms. The third-order valence-corrected chi connectivity index (χ3v) is 5.53. The van der Waals surface area contributed by atoms with E-state index in [0.29, 0.717) is 33.7 Å². The molecule has 2 aromatic carbocycles. The Morgan fingerprint density at radius 1 is 1.03 bits per heavy atom. The number of rotatable bonds is 10. The summed E-state index contributed by atoms with van der Waals surface area (Å²) >= 11 is 1.11. The maximum Gasteiger partial charge on any atom is 0.264 e. The van der Waals surface area contributed by atoms with Crippen molar-refractivity contribution < 1.29 is 19.1 Å². The molecule has 1 heterocycles. The number of anilines is 3. The van der Waals surface area contributed by atoms with E-state index in [1.807, 2.05) is 13.0 Å². The van der Waals surface area contributed by atoms with Crippen molar-refractivity contribution in [3.05, 3.63) is 48.0 Å². The average molecular weight is 499 g/mol. The third-order valence-electron chi connectivity index (χ3n) is 4.59. The number of ether oxygens (including phenoxy) is 2. The van der Waals surface area contributed by atoms with Gasteiger partial charge in [-0.15, -0.1) is 10.2 Å². The standard InChI is InChI=1S/C22H26N8O4S/c1-13(15-8-9-18(33-3)19(10-15)34-4)26-27-21-28-29-22(30(21)23)35-12-20(32)25-17-7-5-6-16(11-17)24-14(2)31/h5-11H,12,23H2,1-4H3,(H,24,31)(H,25,32)(H,27,28)/b26-13+. The topological polar surface area (TPSA) is 158 Å². The van der Waals surface area contributed by atoms with Crippen molar-refractivity contribution in [3.8, 4) is 11.5 Å². The Kier molecular flexibility index (Phi) is 8.51. The SMILES string of the molecule is COc1ccc(/C(C)=N/Nc2nnc(SCC(=O)Nc3cccc(NC(C)=O)c3)n2N)cc1OC. The lowest BCUT2D eigenvalue weighted by atomic mass is 10.1. The second kappa shape index (κ2) is 11.7. The molecule has 13 heteroatoms. The summed E-state index contributed by atoms with van der Waals surface area (Å²) in [5, 5.41) is 18.0. The Bertz CT molecular complexity index is 1240. The van der Waals surface area contributed by atoms with Crippen LogP contribution in [0.4, 0.5) is 17.3 Å². The fourth-order valence-corrected chi connectivity index (χ4v) is 3.57. The molecule has 1 aromatic heterocycles. The maximum absolute atomic E-state index is 12.3. The lowest BCUT2D eigenvalue weighted by Crippen LogP contribution is -2.17. The van der Waals surface area contributed by atoms with Crippen LogP contribution in [0, 0.1) is 0 Å². The van der Waals surface area contributed by atoms with Crippen LogP contribution in [-0.2, 0) is 9.59 Å². The summed E-state index contributed by atoms with van der Waals surface area (Å²) in [6.45, 7) is 3.23. The third kappa shape index (κ3) is 6.86. The van der Waals surface area contributed by atoms with E-state index in [9.17, 15) is 9.59 Å². The molecule has 35 heavy (non-hydrogen) atoms. The van der Waals surface area contributed by atoms with Crippen LogP contribution < -0.4 is 31.4 Å². The Balaban J connectivity index is 1.58. The van der Waals surface area contributed by atoms with Crippen molar-refractivity contribution in [2.24, 2.45) is 5.10 Å². The van der Waals surface area contributed by atoms with E-state index in [4.69, 9.17) is 15.3 Å². The number of aromatic nitrogens is 3. The zero-order valence-electron chi connectivity index (χ0n) is 19.7. The molecule has 0 unspecified atom stereocenters. The number of hydrogen-bond acceptors (Lipinski definition) is 10. The molecule has 0 aliphatic carbocycles. The Morgan fingerprint density at radius 3 is 2.43 bits per heavy atom. The van der Waals surface area contributed by atoms with Crippen molar-refractivity contribution >= 4 is 46.6 Å². The second-order valence-corrected chi connectivity index (χ2v) is 8.10.